The lowest BCUT2D eigenvalue weighted by Crippen LogP contribution is -2.42. The predicted octanol–water partition coefficient (Wildman–Crippen LogP) is 3.06. The molecule has 7 nitrogen and oxygen atoms in total. The van der Waals surface area contributed by atoms with Gasteiger partial charge in [0.25, 0.3) is 11.8 Å². The van der Waals surface area contributed by atoms with E-state index < -0.39 is 6.17 Å². The second kappa shape index (κ2) is 9.99. The second-order valence-corrected chi connectivity index (χ2v) is 8.34. The lowest BCUT2D eigenvalue weighted by atomic mass is 10.0. The molecule has 0 spiro atoms. The van der Waals surface area contributed by atoms with E-state index >= 15 is 0 Å². The van der Waals surface area contributed by atoms with Crippen LogP contribution in [0.3, 0.4) is 0 Å². The van der Waals surface area contributed by atoms with Gasteiger partial charge in [0, 0.05) is 36.3 Å². The summed E-state index contributed by atoms with van der Waals surface area (Å²) in [6.45, 7) is 3.94. The molecule has 3 aromatic carbocycles. The maximum atomic E-state index is 13.1. The molecule has 2 heterocycles. The average molecular weight is 455 g/mol. The number of benzene rings is 3. The van der Waals surface area contributed by atoms with Crippen LogP contribution in [0.25, 0.3) is 0 Å². The summed E-state index contributed by atoms with van der Waals surface area (Å²) in [6.07, 6.45) is -1.06. The molecule has 2 aliphatic rings. The Bertz CT molecular complexity index is 1220. The number of hydrogen-bond donors (Lipinski definition) is 2. The summed E-state index contributed by atoms with van der Waals surface area (Å²) in [7, 11) is 0. The fourth-order valence-electron chi connectivity index (χ4n) is 4.22. The molecule has 0 unspecified atom stereocenters. The van der Waals surface area contributed by atoms with Gasteiger partial charge in [0.15, 0.2) is 0 Å². The largest absolute Gasteiger partial charge is 0.379 e. The Morgan fingerprint density at radius 2 is 1.76 bits per heavy atom. The van der Waals surface area contributed by atoms with E-state index in [1.54, 1.807) is 6.07 Å². The summed E-state index contributed by atoms with van der Waals surface area (Å²) in [4.78, 5) is 33.1. The predicted molar refractivity (Wildman–Crippen MR) is 131 cm³/mol. The molecule has 2 aliphatic heterocycles. The van der Waals surface area contributed by atoms with E-state index in [0.29, 0.717) is 17.0 Å². The van der Waals surface area contributed by atoms with Crippen LogP contribution in [0.4, 0.5) is 5.69 Å². The van der Waals surface area contributed by atoms with Gasteiger partial charge in [-0.2, -0.15) is 0 Å². The number of aliphatic imine (C=N–C) groups is 1. The number of carbonyl (C=O) groups excluding carboxylic acids is 2. The summed E-state index contributed by atoms with van der Waals surface area (Å²) >= 11 is 0. The number of ether oxygens (including phenoxy) is 1. The molecule has 2 N–H and O–H groups in total. The molecule has 1 atom stereocenters. The van der Waals surface area contributed by atoms with Crippen LogP contribution in [0, 0.1) is 0 Å². The first kappa shape index (κ1) is 22.0. The van der Waals surface area contributed by atoms with E-state index in [-0.39, 0.29) is 11.8 Å². The van der Waals surface area contributed by atoms with Crippen molar-refractivity contribution in [3.8, 4) is 0 Å². The van der Waals surface area contributed by atoms with Gasteiger partial charge in [0.2, 0.25) is 6.17 Å². The van der Waals surface area contributed by atoms with Crippen LogP contribution < -0.4 is 10.6 Å². The van der Waals surface area contributed by atoms with E-state index in [9.17, 15) is 9.59 Å². The number of hydrogen-bond acceptors (Lipinski definition) is 5. The first-order valence-electron chi connectivity index (χ1n) is 11.4. The van der Waals surface area contributed by atoms with Crippen LogP contribution in [-0.4, -0.2) is 54.9 Å². The maximum Gasteiger partial charge on any atom is 0.269 e. The van der Waals surface area contributed by atoms with Crippen LogP contribution in [0.5, 0.6) is 0 Å². The number of carbonyl (C=O) groups is 2. The average Bonchev–Trinajstić information content (AvgIpc) is 3.01. The fraction of sp³-hybridized carbons (Fsp3) is 0.222. The van der Waals surface area contributed by atoms with Crippen molar-refractivity contribution < 1.29 is 14.3 Å². The van der Waals surface area contributed by atoms with Gasteiger partial charge in [-0.25, -0.2) is 4.99 Å². The Balaban J connectivity index is 1.40. The third kappa shape index (κ3) is 4.90. The number of nitrogens with one attached hydrogen (secondary N) is 2. The normalized spacial score (nSPS) is 18.3. The highest BCUT2D eigenvalue weighted by Crippen LogP contribution is 2.24. The van der Waals surface area contributed by atoms with Gasteiger partial charge in [-0.3, -0.25) is 14.5 Å². The van der Waals surface area contributed by atoms with Gasteiger partial charge in [0.1, 0.15) is 0 Å². The number of fused-ring (bicyclic) bond motifs is 1. The quantitative estimate of drug-likeness (QED) is 0.621. The first-order chi connectivity index (χ1) is 16.7. The van der Waals surface area contributed by atoms with E-state index in [2.05, 4.69) is 15.5 Å². The third-order valence-corrected chi connectivity index (χ3v) is 5.96. The van der Waals surface area contributed by atoms with Gasteiger partial charge in [-0.15, -0.1) is 0 Å². The van der Waals surface area contributed by atoms with E-state index in [1.165, 1.54) is 0 Å². The number of morpholine rings is 1. The minimum atomic E-state index is -1.06. The monoisotopic (exact) mass is 454 g/mol. The highest BCUT2D eigenvalue weighted by atomic mass is 16.5. The van der Waals surface area contributed by atoms with Crippen molar-refractivity contribution in [1.29, 1.82) is 0 Å². The summed E-state index contributed by atoms with van der Waals surface area (Å²) in [5.74, 6) is -0.720. The van der Waals surface area contributed by atoms with Gasteiger partial charge >= 0.3 is 0 Å². The Hall–Kier alpha value is -3.81. The van der Waals surface area contributed by atoms with E-state index in [0.717, 1.165) is 49.5 Å². The number of anilines is 1. The third-order valence-electron chi connectivity index (χ3n) is 5.96. The Morgan fingerprint density at radius 3 is 2.59 bits per heavy atom. The number of amides is 2. The molecule has 3 aromatic rings. The minimum Gasteiger partial charge on any atom is -0.379 e. The zero-order valence-corrected chi connectivity index (χ0v) is 18.7. The maximum absolute atomic E-state index is 13.1. The lowest BCUT2D eigenvalue weighted by molar-refractivity contribution is -0.117. The molecule has 0 bridgehead atoms. The van der Waals surface area contributed by atoms with E-state index in [4.69, 9.17) is 9.73 Å². The summed E-state index contributed by atoms with van der Waals surface area (Å²) in [5, 5.41) is 5.73. The number of rotatable bonds is 5. The minimum absolute atomic E-state index is 0.342. The highest BCUT2D eigenvalue weighted by molar-refractivity contribution is 6.20. The molecule has 0 radical (unpaired) electrons. The lowest BCUT2D eigenvalue weighted by Gasteiger charge is -2.26. The smallest absolute Gasteiger partial charge is 0.269 e. The SMILES string of the molecule is O=C(N[C@H]1N=C(c2ccccc2)c2ccccc2NC1=O)c1cccc(CN2CCOCC2)c1. The zero-order chi connectivity index (χ0) is 23.3. The molecule has 0 saturated carbocycles. The van der Waals surface area contributed by atoms with Gasteiger partial charge in [0.05, 0.1) is 24.6 Å². The zero-order valence-electron chi connectivity index (χ0n) is 18.7. The van der Waals surface area contributed by atoms with Crippen LogP contribution in [0.15, 0.2) is 83.9 Å². The van der Waals surface area contributed by atoms with Crippen LogP contribution >= 0.6 is 0 Å². The van der Waals surface area contributed by atoms with Gasteiger partial charge in [-0.1, -0.05) is 60.7 Å². The molecule has 172 valence electrons. The molecule has 5 rings (SSSR count). The van der Waals surface area contributed by atoms with Crippen molar-refractivity contribution in [3.05, 3.63) is 101 Å². The fourth-order valence-corrected chi connectivity index (χ4v) is 4.22. The van der Waals surface area contributed by atoms with Crippen molar-refractivity contribution in [2.75, 3.05) is 31.6 Å². The van der Waals surface area contributed by atoms with Gasteiger partial charge < -0.3 is 15.4 Å². The van der Waals surface area contributed by atoms with Crippen molar-refractivity contribution in [2.45, 2.75) is 12.7 Å². The molecule has 34 heavy (non-hydrogen) atoms. The molecule has 1 saturated heterocycles. The first-order valence-corrected chi connectivity index (χ1v) is 11.4. The van der Waals surface area contributed by atoms with Crippen molar-refractivity contribution in [2.24, 2.45) is 4.99 Å². The number of para-hydroxylation sites is 1. The van der Waals surface area contributed by atoms with Crippen molar-refractivity contribution in [3.63, 3.8) is 0 Å². The van der Waals surface area contributed by atoms with Crippen LogP contribution in [0.2, 0.25) is 0 Å². The Morgan fingerprint density at radius 1 is 1.00 bits per heavy atom. The van der Waals surface area contributed by atoms with Crippen LogP contribution in [-0.2, 0) is 16.1 Å². The molecule has 1 fully saturated rings. The molecule has 0 aliphatic carbocycles. The Labute approximate surface area is 198 Å². The Kier molecular flexibility index (Phi) is 6.46. The molecule has 2 amide bonds. The standard InChI is InChI=1S/C27H26N4O3/c32-26(21-10-6-7-19(17-21)18-31-13-15-34-16-14-31)30-25-27(33)28-23-12-5-4-11-22(23)24(29-25)20-8-2-1-3-9-20/h1-12,17,25H,13-16,18H2,(H,28,33)(H,30,32)/t25-/m1/s1. The summed E-state index contributed by atoms with van der Waals surface area (Å²) < 4.78 is 5.41. The summed E-state index contributed by atoms with van der Waals surface area (Å²) in [5.41, 5.74) is 4.54. The molecular formula is C27H26N4O3. The summed E-state index contributed by atoms with van der Waals surface area (Å²) in [6, 6.07) is 24.7. The number of benzodiazepines with no additional fused rings is 1. The highest BCUT2D eigenvalue weighted by Gasteiger charge is 2.27. The molecular weight excluding hydrogens is 428 g/mol. The van der Waals surface area contributed by atoms with Crippen LogP contribution in [0.1, 0.15) is 27.0 Å². The molecule has 0 aromatic heterocycles. The van der Waals surface area contributed by atoms with Crippen molar-refractivity contribution >= 4 is 23.2 Å². The van der Waals surface area contributed by atoms with Gasteiger partial charge in [-0.05, 0) is 23.8 Å². The second-order valence-electron chi connectivity index (χ2n) is 8.34. The van der Waals surface area contributed by atoms with Crippen molar-refractivity contribution in [1.82, 2.24) is 10.2 Å². The topological polar surface area (TPSA) is 83.0 Å². The van der Waals surface area contributed by atoms with E-state index in [1.807, 2.05) is 72.8 Å². The molecule has 7 heteroatoms. The number of nitrogens with zero attached hydrogens (tertiary/aromatic N) is 2.